The Morgan fingerprint density at radius 1 is 1.17 bits per heavy atom. The first-order valence-electron chi connectivity index (χ1n) is 7.53. The summed E-state index contributed by atoms with van der Waals surface area (Å²) in [5.41, 5.74) is 2.36. The van der Waals surface area contributed by atoms with Crippen molar-refractivity contribution in [2.75, 3.05) is 31.7 Å². The average molecular weight is 329 g/mol. The van der Waals surface area contributed by atoms with Crippen molar-refractivity contribution in [3.8, 4) is 11.1 Å². The lowest BCUT2D eigenvalue weighted by atomic mass is 10.0. The van der Waals surface area contributed by atoms with E-state index in [4.69, 9.17) is 9.84 Å². The molecule has 23 heavy (non-hydrogen) atoms. The molecular formula is C17H19N3O2S. The summed E-state index contributed by atoms with van der Waals surface area (Å²) in [6.07, 6.45) is 1.59. The summed E-state index contributed by atoms with van der Waals surface area (Å²) in [6, 6.07) is 10.3. The van der Waals surface area contributed by atoms with E-state index in [1.165, 1.54) is 16.0 Å². The lowest BCUT2D eigenvalue weighted by Gasteiger charge is -2.09. The van der Waals surface area contributed by atoms with E-state index >= 15 is 0 Å². The van der Waals surface area contributed by atoms with Crippen molar-refractivity contribution in [2.24, 2.45) is 0 Å². The van der Waals surface area contributed by atoms with Gasteiger partial charge in [0.1, 0.15) is 17.0 Å². The molecule has 0 saturated carbocycles. The van der Waals surface area contributed by atoms with Crippen molar-refractivity contribution in [3.63, 3.8) is 0 Å². The lowest BCUT2D eigenvalue weighted by Crippen LogP contribution is -2.12. The summed E-state index contributed by atoms with van der Waals surface area (Å²) >= 11 is 1.68. The van der Waals surface area contributed by atoms with Crippen LogP contribution in [0.1, 0.15) is 4.88 Å². The second-order valence-corrected chi connectivity index (χ2v) is 6.27. The number of anilines is 1. The SMILES string of the molecule is Cc1sc2ncnc(NCCOCCO)c2c1-c1ccccc1. The highest BCUT2D eigenvalue weighted by molar-refractivity contribution is 7.19. The molecule has 2 heterocycles. The van der Waals surface area contributed by atoms with Crippen LogP contribution in [-0.2, 0) is 4.74 Å². The molecule has 0 aliphatic rings. The molecule has 6 heteroatoms. The molecule has 120 valence electrons. The molecule has 0 unspecified atom stereocenters. The highest BCUT2D eigenvalue weighted by atomic mass is 32.1. The number of hydrogen-bond donors (Lipinski definition) is 2. The normalized spacial score (nSPS) is 11.0. The lowest BCUT2D eigenvalue weighted by molar-refractivity contribution is 0.0992. The minimum Gasteiger partial charge on any atom is -0.394 e. The average Bonchev–Trinajstić information content (AvgIpc) is 2.92. The molecule has 0 saturated heterocycles. The second kappa shape index (κ2) is 7.50. The van der Waals surface area contributed by atoms with Gasteiger partial charge in [0.2, 0.25) is 0 Å². The van der Waals surface area contributed by atoms with Gasteiger partial charge in [0.25, 0.3) is 0 Å². The van der Waals surface area contributed by atoms with Gasteiger partial charge in [-0.15, -0.1) is 11.3 Å². The molecule has 0 fully saturated rings. The number of fused-ring (bicyclic) bond motifs is 1. The smallest absolute Gasteiger partial charge is 0.138 e. The fourth-order valence-corrected chi connectivity index (χ4v) is 3.55. The molecule has 1 aromatic carbocycles. The van der Waals surface area contributed by atoms with E-state index in [0.29, 0.717) is 19.8 Å². The fourth-order valence-electron chi connectivity index (χ4n) is 2.54. The van der Waals surface area contributed by atoms with Gasteiger partial charge in [-0.25, -0.2) is 9.97 Å². The first-order chi connectivity index (χ1) is 11.3. The van der Waals surface area contributed by atoms with Crippen LogP contribution >= 0.6 is 11.3 Å². The summed E-state index contributed by atoms with van der Waals surface area (Å²) in [7, 11) is 0. The van der Waals surface area contributed by atoms with Gasteiger partial charge >= 0.3 is 0 Å². The number of nitrogens with zero attached hydrogens (tertiary/aromatic N) is 2. The summed E-state index contributed by atoms with van der Waals surface area (Å²) < 4.78 is 5.28. The molecule has 0 aliphatic carbocycles. The van der Waals surface area contributed by atoms with Crippen LogP contribution in [-0.4, -0.2) is 41.4 Å². The topological polar surface area (TPSA) is 67.3 Å². The number of nitrogens with one attached hydrogen (secondary N) is 1. The Morgan fingerprint density at radius 3 is 2.78 bits per heavy atom. The Hall–Kier alpha value is -2.02. The van der Waals surface area contributed by atoms with E-state index in [9.17, 15) is 0 Å². The molecule has 0 aliphatic heterocycles. The van der Waals surface area contributed by atoms with E-state index in [1.54, 1.807) is 17.7 Å². The predicted molar refractivity (Wildman–Crippen MR) is 94.0 cm³/mol. The Balaban J connectivity index is 1.93. The molecule has 3 rings (SSSR count). The minimum atomic E-state index is 0.0413. The first kappa shape index (κ1) is 15.9. The maximum atomic E-state index is 8.72. The fraction of sp³-hybridized carbons (Fsp3) is 0.294. The molecule has 0 radical (unpaired) electrons. The number of aryl methyl sites for hydroxylation is 1. The highest BCUT2D eigenvalue weighted by Gasteiger charge is 2.16. The van der Waals surface area contributed by atoms with Crippen molar-refractivity contribution in [2.45, 2.75) is 6.92 Å². The Kier molecular flexibility index (Phi) is 5.17. The second-order valence-electron chi connectivity index (χ2n) is 5.06. The number of aromatic nitrogens is 2. The predicted octanol–water partition coefficient (Wildman–Crippen LogP) is 3.09. The van der Waals surface area contributed by atoms with Crippen LogP contribution in [0, 0.1) is 6.92 Å². The zero-order chi connectivity index (χ0) is 16.1. The number of aliphatic hydroxyl groups is 1. The molecule has 0 bridgehead atoms. The molecule has 5 nitrogen and oxygen atoms in total. The van der Waals surface area contributed by atoms with Crippen molar-refractivity contribution in [1.29, 1.82) is 0 Å². The third-order valence-electron chi connectivity index (χ3n) is 3.50. The zero-order valence-electron chi connectivity index (χ0n) is 13.0. The Labute approximate surface area is 139 Å². The van der Waals surface area contributed by atoms with Crippen molar-refractivity contribution < 1.29 is 9.84 Å². The number of hydrogen-bond acceptors (Lipinski definition) is 6. The van der Waals surface area contributed by atoms with Gasteiger partial charge in [-0.3, -0.25) is 0 Å². The number of rotatable bonds is 7. The number of benzene rings is 1. The van der Waals surface area contributed by atoms with Gasteiger partial charge in [-0.2, -0.15) is 0 Å². The van der Waals surface area contributed by atoms with E-state index in [1.807, 2.05) is 18.2 Å². The van der Waals surface area contributed by atoms with Crippen molar-refractivity contribution >= 4 is 27.4 Å². The monoisotopic (exact) mass is 329 g/mol. The van der Waals surface area contributed by atoms with Gasteiger partial charge in [0, 0.05) is 17.0 Å². The van der Waals surface area contributed by atoms with Crippen molar-refractivity contribution in [3.05, 3.63) is 41.5 Å². The van der Waals surface area contributed by atoms with Crippen LogP contribution in [0.3, 0.4) is 0 Å². The van der Waals surface area contributed by atoms with E-state index in [0.717, 1.165) is 16.0 Å². The van der Waals surface area contributed by atoms with E-state index in [2.05, 4.69) is 34.3 Å². The van der Waals surface area contributed by atoms with Crippen LogP contribution in [0.25, 0.3) is 21.3 Å². The molecule has 2 N–H and O–H groups in total. The summed E-state index contributed by atoms with van der Waals surface area (Å²) in [5.74, 6) is 0.825. The van der Waals surface area contributed by atoms with Crippen LogP contribution in [0.5, 0.6) is 0 Å². The van der Waals surface area contributed by atoms with Crippen LogP contribution in [0.2, 0.25) is 0 Å². The summed E-state index contributed by atoms with van der Waals surface area (Å²) in [5, 5.41) is 13.1. The molecule has 0 amide bonds. The van der Waals surface area contributed by atoms with Crippen LogP contribution < -0.4 is 5.32 Å². The van der Waals surface area contributed by atoms with Crippen molar-refractivity contribution in [1.82, 2.24) is 9.97 Å². The van der Waals surface area contributed by atoms with Gasteiger partial charge in [0.05, 0.1) is 25.2 Å². The largest absolute Gasteiger partial charge is 0.394 e. The first-order valence-corrected chi connectivity index (χ1v) is 8.35. The summed E-state index contributed by atoms with van der Waals surface area (Å²) in [4.78, 5) is 11.0. The molecule has 0 atom stereocenters. The maximum Gasteiger partial charge on any atom is 0.138 e. The Morgan fingerprint density at radius 2 is 2.00 bits per heavy atom. The number of thiophene rings is 1. The quantitative estimate of drug-likeness (QED) is 0.652. The van der Waals surface area contributed by atoms with E-state index < -0.39 is 0 Å². The number of ether oxygens (including phenoxy) is 1. The minimum absolute atomic E-state index is 0.0413. The number of aliphatic hydroxyl groups excluding tert-OH is 1. The van der Waals surface area contributed by atoms with Crippen LogP contribution in [0.15, 0.2) is 36.7 Å². The van der Waals surface area contributed by atoms with Crippen LogP contribution in [0.4, 0.5) is 5.82 Å². The van der Waals surface area contributed by atoms with Gasteiger partial charge in [-0.05, 0) is 12.5 Å². The zero-order valence-corrected chi connectivity index (χ0v) is 13.8. The third-order valence-corrected chi connectivity index (χ3v) is 4.51. The van der Waals surface area contributed by atoms with E-state index in [-0.39, 0.29) is 6.61 Å². The molecule has 0 spiro atoms. The van der Waals surface area contributed by atoms with Gasteiger partial charge in [0.15, 0.2) is 0 Å². The van der Waals surface area contributed by atoms with Gasteiger partial charge < -0.3 is 15.2 Å². The molecular weight excluding hydrogens is 310 g/mol. The standard InChI is InChI=1S/C17H19N3O2S/c1-12-14(13-5-3-2-4-6-13)15-16(18-7-9-22-10-8-21)19-11-20-17(15)23-12/h2-6,11,21H,7-10H2,1H3,(H,18,19,20). The summed E-state index contributed by atoms with van der Waals surface area (Å²) in [6.45, 7) is 3.67. The maximum absolute atomic E-state index is 8.72. The third kappa shape index (κ3) is 3.50. The highest BCUT2D eigenvalue weighted by Crippen LogP contribution is 2.40. The molecule has 3 aromatic rings. The van der Waals surface area contributed by atoms with Gasteiger partial charge in [-0.1, -0.05) is 30.3 Å². The Bertz CT molecular complexity index is 774. The molecule has 2 aromatic heterocycles.